The molecule has 1 heterocycles. The zero-order valence-electron chi connectivity index (χ0n) is 16.5. The lowest BCUT2D eigenvalue weighted by Crippen LogP contribution is -2.42. The first-order valence-electron chi connectivity index (χ1n) is 9.68. The molecule has 7 heteroatoms. The van der Waals surface area contributed by atoms with Gasteiger partial charge in [0.15, 0.2) is 0 Å². The van der Waals surface area contributed by atoms with Crippen molar-refractivity contribution in [3.63, 3.8) is 0 Å². The predicted molar refractivity (Wildman–Crippen MR) is 114 cm³/mol. The highest BCUT2D eigenvalue weighted by Crippen LogP contribution is 2.29. The molecule has 2 aromatic carbocycles. The Labute approximate surface area is 175 Å². The molecule has 154 valence electrons. The molecule has 0 aliphatic carbocycles. The Balaban J connectivity index is 1.42. The van der Waals surface area contributed by atoms with Crippen LogP contribution >= 0.6 is 0 Å². The second kappa shape index (κ2) is 10.1. The van der Waals surface area contributed by atoms with Crippen LogP contribution in [0.15, 0.2) is 48.5 Å². The molecule has 0 fully saturated rings. The van der Waals surface area contributed by atoms with E-state index in [1.165, 1.54) is 4.90 Å². The lowest BCUT2D eigenvalue weighted by Gasteiger charge is -2.29. The van der Waals surface area contributed by atoms with Crippen molar-refractivity contribution in [3.8, 4) is 18.1 Å². The molecule has 0 atom stereocenters. The standard InChI is InChI=1S/C23H23N3O4/c1-2-15-30-18-9-7-17(8-10-18)13-14-24-21(27)11-12-23(29)26-16-22(28)25-19-5-3-4-6-20(19)26/h1,3-10H,11-16H2,(H,24,27)(H,25,28). The normalized spacial score (nSPS) is 12.4. The number of benzene rings is 2. The van der Waals surface area contributed by atoms with Gasteiger partial charge >= 0.3 is 0 Å². The SMILES string of the molecule is C#CCOc1ccc(CCNC(=O)CCC(=O)N2CC(=O)Nc3ccccc32)cc1. The highest BCUT2D eigenvalue weighted by atomic mass is 16.5. The number of ether oxygens (including phenoxy) is 1. The smallest absolute Gasteiger partial charge is 0.244 e. The largest absolute Gasteiger partial charge is 0.481 e. The highest BCUT2D eigenvalue weighted by Gasteiger charge is 2.26. The van der Waals surface area contributed by atoms with E-state index in [-0.39, 0.29) is 43.7 Å². The fourth-order valence-corrected chi connectivity index (χ4v) is 3.12. The van der Waals surface area contributed by atoms with Crippen LogP contribution in [0.25, 0.3) is 0 Å². The Morgan fingerprint density at radius 2 is 1.90 bits per heavy atom. The molecular weight excluding hydrogens is 382 g/mol. The van der Waals surface area contributed by atoms with E-state index in [4.69, 9.17) is 11.2 Å². The maximum Gasteiger partial charge on any atom is 0.244 e. The summed E-state index contributed by atoms with van der Waals surface area (Å²) in [4.78, 5) is 37.9. The summed E-state index contributed by atoms with van der Waals surface area (Å²) in [5.41, 5.74) is 2.30. The molecule has 0 spiro atoms. The Hall–Kier alpha value is -3.79. The molecule has 2 aromatic rings. The second-order valence-electron chi connectivity index (χ2n) is 6.78. The van der Waals surface area contributed by atoms with E-state index >= 15 is 0 Å². The Morgan fingerprint density at radius 1 is 1.13 bits per heavy atom. The van der Waals surface area contributed by atoms with Gasteiger partial charge in [-0.1, -0.05) is 30.2 Å². The number of rotatable bonds is 8. The average Bonchev–Trinajstić information content (AvgIpc) is 2.76. The Kier molecular flexibility index (Phi) is 7.06. The first-order chi connectivity index (χ1) is 14.6. The molecule has 2 N–H and O–H groups in total. The van der Waals surface area contributed by atoms with E-state index in [1.54, 1.807) is 24.3 Å². The van der Waals surface area contributed by atoms with Crippen LogP contribution in [0.3, 0.4) is 0 Å². The third kappa shape index (κ3) is 5.61. The number of terminal acetylenes is 1. The van der Waals surface area contributed by atoms with Crippen molar-refractivity contribution in [2.24, 2.45) is 0 Å². The van der Waals surface area contributed by atoms with Crippen LogP contribution in [0.5, 0.6) is 5.75 Å². The van der Waals surface area contributed by atoms with Crippen LogP contribution in [0.2, 0.25) is 0 Å². The van der Waals surface area contributed by atoms with Crippen LogP contribution in [-0.2, 0) is 20.8 Å². The lowest BCUT2D eigenvalue weighted by atomic mass is 10.1. The number of anilines is 2. The van der Waals surface area contributed by atoms with Gasteiger partial charge in [0.05, 0.1) is 11.4 Å². The van der Waals surface area contributed by atoms with Crippen LogP contribution in [0.1, 0.15) is 18.4 Å². The molecule has 0 saturated carbocycles. The van der Waals surface area contributed by atoms with Gasteiger partial charge in [-0.2, -0.15) is 0 Å². The van der Waals surface area contributed by atoms with Gasteiger partial charge in [0.1, 0.15) is 18.9 Å². The molecule has 3 amide bonds. The molecule has 0 aromatic heterocycles. The molecule has 1 aliphatic rings. The van der Waals surface area contributed by atoms with E-state index in [1.807, 2.05) is 24.3 Å². The average molecular weight is 405 g/mol. The number of nitrogens with zero attached hydrogens (tertiary/aromatic N) is 1. The van der Waals surface area contributed by atoms with E-state index in [2.05, 4.69) is 16.6 Å². The highest BCUT2D eigenvalue weighted by molar-refractivity contribution is 6.10. The first kappa shape index (κ1) is 20.9. The summed E-state index contributed by atoms with van der Waals surface area (Å²) in [5.74, 6) is 2.41. The summed E-state index contributed by atoms with van der Waals surface area (Å²) in [6.07, 6.45) is 5.92. The molecule has 0 saturated heterocycles. The topological polar surface area (TPSA) is 87.7 Å². The number of para-hydroxylation sites is 2. The minimum atomic E-state index is -0.255. The number of hydrogen-bond acceptors (Lipinski definition) is 4. The summed E-state index contributed by atoms with van der Waals surface area (Å²) >= 11 is 0. The van der Waals surface area contributed by atoms with Gasteiger partial charge in [-0.3, -0.25) is 14.4 Å². The van der Waals surface area contributed by atoms with Crippen molar-refractivity contribution in [1.29, 1.82) is 0 Å². The first-order valence-corrected chi connectivity index (χ1v) is 9.68. The third-order valence-corrected chi connectivity index (χ3v) is 4.62. The summed E-state index contributed by atoms with van der Waals surface area (Å²) in [7, 11) is 0. The zero-order chi connectivity index (χ0) is 21.3. The number of carbonyl (C=O) groups excluding carboxylic acids is 3. The summed E-state index contributed by atoms with van der Waals surface area (Å²) < 4.78 is 5.32. The minimum absolute atomic E-state index is 0.0364. The number of carbonyl (C=O) groups is 3. The van der Waals surface area contributed by atoms with Gasteiger partial charge in [0.2, 0.25) is 17.7 Å². The summed E-state index contributed by atoms with van der Waals surface area (Å²) in [6, 6.07) is 14.6. The van der Waals surface area contributed by atoms with Crippen LogP contribution in [0, 0.1) is 12.3 Å². The summed E-state index contributed by atoms with van der Waals surface area (Å²) in [6.45, 7) is 0.646. The molecule has 3 rings (SSSR count). The monoisotopic (exact) mass is 405 g/mol. The van der Waals surface area contributed by atoms with Gasteiger partial charge in [-0.25, -0.2) is 0 Å². The number of nitrogens with one attached hydrogen (secondary N) is 2. The molecule has 7 nitrogen and oxygen atoms in total. The maximum absolute atomic E-state index is 12.6. The van der Waals surface area contributed by atoms with E-state index in [0.29, 0.717) is 30.1 Å². The van der Waals surface area contributed by atoms with E-state index < -0.39 is 0 Å². The molecule has 0 unspecified atom stereocenters. The van der Waals surface area contributed by atoms with Crippen molar-refractivity contribution >= 4 is 29.1 Å². The van der Waals surface area contributed by atoms with Gasteiger partial charge < -0.3 is 20.3 Å². The van der Waals surface area contributed by atoms with Crippen LogP contribution in [0.4, 0.5) is 11.4 Å². The van der Waals surface area contributed by atoms with Crippen LogP contribution in [-0.4, -0.2) is 37.4 Å². The van der Waals surface area contributed by atoms with E-state index in [9.17, 15) is 14.4 Å². The number of hydrogen-bond donors (Lipinski definition) is 2. The van der Waals surface area contributed by atoms with Crippen molar-refractivity contribution in [3.05, 3.63) is 54.1 Å². The van der Waals surface area contributed by atoms with E-state index in [0.717, 1.165) is 5.56 Å². The molecule has 0 radical (unpaired) electrons. The molecule has 1 aliphatic heterocycles. The van der Waals surface area contributed by atoms with Crippen molar-refractivity contribution in [1.82, 2.24) is 5.32 Å². The minimum Gasteiger partial charge on any atom is -0.481 e. The van der Waals surface area contributed by atoms with Gasteiger partial charge in [-0.15, -0.1) is 6.42 Å². The van der Waals surface area contributed by atoms with Gasteiger partial charge in [0.25, 0.3) is 0 Å². The van der Waals surface area contributed by atoms with Crippen molar-refractivity contribution in [2.75, 3.05) is 29.9 Å². The zero-order valence-corrected chi connectivity index (χ0v) is 16.5. The van der Waals surface area contributed by atoms with Crippen molar-refractivity contribution in [2.45, 2.75) is 19.3 Å². The van der Waals surface area contributed by atoms with Crippen molar-refractivity contribution < 1.29 is 19.1 Å². The predicted octanol–water partition coefficient (Wildman–Crippen LogP) is 2.12. The lowest BCUT2D eigenvalue weighted by molar-refractivity contribution is -0.125. The van der Waals surface area contributed by atoms with Crippen LogP contribution < -0.4 is 20.3 Å². The van der Waals surface area contributed by atoms with Gasteiger partial charge in [0, 0.05) is 19.4 Å². The quantitative estimate of drug-likeness (QED) is 0.659. The fraction of sp³-hybridized carbons (Fsp3) is 0.261. The molecule has 30 heavy (non-hydrogen) atoms. The third-order valence-electron chi connectivity index (χ3n) is 4.62. The number of amides is 3. The maximum atomic E-state index is 12.6. The fourth-order valence-electron chi connectivity index (χ4n) is 3.12. The Morgan fingerprint density at radius 3 is 2.67 bits per heavy atom. The second-order valence-corrected chi connectivity index (χ2v) is 6.78. The molecule has 0 bridgehead atoms. The molecular formula is C23H23N3O4. The van der Waals surface area contributed by atoms with Gasteiger partial charge in [-0.05, 0) is 36.2 Å². The Bertz CT molecular complexity index is 963. The number of fused-ring (bicyclic) bond motifs is 1. The summed E-state index contributed by atoms with van der Waals surface area (Å²) in [5, 5.41) is 5.56.